The van der Waals surface area contributed by atoms with Crippen molar-refractivity contribution in [1.29, 1.82) is 0 Å². The van der Waals surface area contributed by atoms with Crippen LogP contribution in [0.5, 0.6) is 11.5 Å². The van der Waals surface area contributed by atoms with Crippen molar-refractivity contribution in [3.8, 4) is 22.8 Å². The first-order chi connectivity index (χ1) is 15.5. The Bertz CT molecular complexity index is 1340. The number of Topliss-reactive ketones (excluding diaryl/α,β-unsaturated/α-hetero) is 1. The molecule has 4 aromatic rings. The van der Waals surface area contributed by atoms with Crippen LogP contribution in [-0.4, -0.2) is 29.3 Å². The number of rotatable bonds is 7. The standard InChI is InChI=1S/C24H18F2N2O4/c1-31-20-12-11-16(13-21(20)32-24(25)26)22-17-9-5-6-10-18(17)23(30)28(27-22)14-19(29)15-7-3-2-4-8-15/h2-13,24H,14H2,1H3. The highest BCUT2D eigenvalue weighted by Crippen LogP contribution is 2.34. The summed E-state index contributed by atoms with van der Waals surface area (Å²) in [4.78, 5) is 25.7. The number of aromatic nitrogens is 2. The minimum absolute atomic E-state index is 0.130. The molecule has 0 unspecified atom stereocenters. The van der Waals surface area contributed by atoms with Gasteiger partial charge in [-0.25, -0.2) is 4.68 Å². The lowest BCUT2D eigenvalue weighted by Crippen LogP contribution is -2.27. The molecule has 0 spiro atoms. The molecule has 0 radical (unpaired) electrons. The van der Waals surface area contributed by atoms with E-state index in [-0.39, 0.29) is 23.8 Å². The monoisotopic (exact) mass is 436 g/mol. The minimum Gasteiger partial charge on any atom is -0.493 e. The second kappa shape index (κ2) is 8.97. The Labute approximate surface area is 181 Å². The van der Waals surface area contributed by atoms with E-state index in [1.807, 2.05) is 0 Å². The molecule has 4 rings (SSSR count). The first-order valence-electron chi connectivity index (χ1n) is 9.69. The van der Waals surface area contributed by atoms with Gasteiger partial charge in [0, 0.05) is 16.5 Å². The summed E-state index contributed by atoms with van der Waals surface area (Å²) in [5.74, 6) is -0.312. The predicted molar refractivity (Wildman–Crippen MR) is 115 cm³/mol. The highest BCUT2D eigenvalue weighted by Gasteiger charge is 2.18. The maximum atomic E-state index is 13.0. The van der Waals surface area contributed by atoms with Crippen LogP contribution < -0.4 is 15.0 Å². The summed E-state index contributed by atoms with van der Waals surface area (Å²) in [5.41, 5.74) is 0.806. The number of alkyl halides is 2. The van der Waals surface area contributed by atoms with Gasteiger partial charge in [0.05, 0.1) is 18.2 Å². The van der Waals surface area contributed by atoms with Crippen LogP contribution in [0.3, 0.4) is 0 Å². The van der Waals surface area contributed by atoms with Crippen molar-refractivity contribution in [3.05, 3.63) is 88.7 Å². The van der Waals surface area contributed by atoms with E-state index < -0.39 is 12.2 Å². The third-order valence-corrected chi connectivity index (χ3v) is 4.91. The lowest BCUT2D eigenvalue weighted by atomic mass is 10.0. The fourth-order valence-corrected chi connectivity index (χ4v) is 3.42. The normalized spacial score (nSPS) is 11.0. The van der Waals surface area contributed by atoms with Crippen LogP contribution in [-0.2, 0) is 6.54 Å². The average Bonchev–Trinajstić information content (AvgIpc) is 2.81. The molecule has 0 atom stereocenters. The minimum atomic E-state index is -3.04. The number of halogens is 2. The molecule has 0 fully saturated rings. The molecule has 0 N–H and O–H groups in total. The molecule has 1 aromatic heterocycles. The maximum Gasteiger partial charge on any atom is 0.387 e. The second-order valence-corrected chi connectivity index (χ2v) is 6.89. The Hall–Kier alpha value is -4.07. The summed E-state index contributed by atoms with van der Waals surface area (Å²) in [5, 5.41) is 5.29. The number of methoxy groups -OCH3 is 1. The van der Waals surface area contributed by atoms with E-state index in [2.05, 4.69) is 9.84 Å². The van der Waals surface area contributed by atoms with Gasteiger partial charge in [-0.2, -0.15) is 13.9 Å². The topological polar surface area (TPSA) is 70.4 Å². The number of fused-ring (bicyclic) bond motifs is 1. The van der Waals surface area contributed by atoms with E-state index in [0.29, 0.717) is 27.6 Å². The van der Waals surface area contributed by atoms with E-state index in [4.69, 9.17) is 4.74 Å². The number of hydrogen-bond donors (Lipinski definition) is 0. The molecule has 0 aliphatic heterocycles. The number of ether oxygens (including phenoxy) is 2. The Balaban J connectivity index is 1.86. The summed E-state index contributed by atoms with van der Waals surface area (Å²) >= 11 is 0. The van der Waals surface area contributed by atoms with E-state index in [9.17, 15) is 18.4 Å². The van der Waals surface area contributed by atoms with E-state index >= 15 is 0 Å². The van der Waals surface area contributed by atoms with E-state index in [1.165, 1.54) is 19.2 Å². The Kier molecular flexibility index (Phi) is 5.93. The first-order valence-corrected chi connectivity index (χ1v) is 9.69. The molecule has 6 nitrogen and oxygen atoms in total. The van der Waals surface area contributed by atoms with Crippen LogP contribution >= 0.6 is 0 Å². The number of carbonyl (C=O) groups is 1. The third kappa shape index (κ3) is 4.20. The van der Waals surface area contributed by atoms with Crippen molar-refractivity contribution in [2.75, 3.05) is 7.11 Å². The molecule has 1 heterocycles. The number of benzene rings is 3. The zero-order chi connectivity index (χ0) is 22.7. The molecule has 8 heteroatoms. The van der Waals surface area contributed by atoms with Gasteiger partial charge in [0.2, 0.25) is 0 Å². The summed E-state index contributed by atoms with van der Waals surface area (Å²) in [7, 11) is 1.34. The van der Waals surface area contributed by atoms with E-state index in [0.717, 1.165) is 4.68 Å². The fraction of sp³-hybridized carbons (Fsp3) is 0.125. The molecule has 0 aliphatic rings. The van der Waals surface area contributed by atoms with Crippen LogP contribution in [0, 0.1) is 0 Å². The van der Waals surface area contributed by atoms with E-state index in [1.54, 1.807) is 60.7 Å². The van der Waals surface area contributed by atoms with Gasteiger partial charge < -0.3 is 9.47 Å². The highest BCUT2D eigenvalue weighted by molar-refractivity contribution is 5.97. The van der Waals surface area contributed by atoms with Crippen LogP contribution in [0.4, 0.5) is 8.78 Å². The molecule has 162 valence electrons. The molecular weight excluding hydrogens is 418 g/mol. The van der Waals surface area contributed by atoms with Gasteiger partial charge in [0.1, 0.15) is 6.54 Å². The van der Waals surface area contributed by atoms with Gasteiger partial charge in [-0.1, -0.05) is 48.5 Å². The lowest BCUT2D eigenvalue weighted by Gasteiger charge is -2.14. The second-order valence-electron chi connectivity index (χ2n) is 6.89. The van der Waals surface area contributed by atoms with Crippen molar-refractivity contribution < 1.29 is 23.0 Å². The summed E-state index contributed by atoms with van der Waals surface area (Å²) in [6.45, 7) is -3.31. The van der Waals surface area contributed by atoms with Gasteiger partial charge in [-0.3, -0.25) is 9.59 Å². The zero-order valence-corrected chi connectivity index (χ0v) is 17.0. The smallest absolute Gasteiger partial charge is 0.387 e. The molecule has 0 aliphatic carbocycles. The highest BCUT2D eigenvalue weighted by atomic mass is 19.3. The maximum absolute atomic E-state index is 13.0. The van der Waals surface area contributed by atoms with Crippen molar-refractivity contribution in [2.45, 2.75) is 13.2 Å². The molecule has 3 aromatic carbocycles. The largest absolute Gasteiger partial charge is 0.493 e. The SMILES string of the molecule is COc1ccc(-c2nn(CC(=O)c3ccccc3)c(=O)c3ccccc23)cc1OC(F)F. The Morgan fingerprint density at radius 1 is 0.969 bits per heavy atom. The fourth-order valence-electron chi connectivity index (χ4n) is 3.42. The van der Waals surface area contributed by atoms with Gasteiger partial charge in [0.15, 0.2) is 17.3 Å². The summed E-state index contributed by atoms with van der Waals surface area (Å²) in [6, 6.07) is 19.8. The average molecular weight is 436 g/mol. The van der Waals surface area contributed by atoms with Crippen molar-refractivity contribution in [1.82, 2.24) is 9.78 Å². The van der Waals surface area contributed by atoms with Crippen LogP contribution in [0.15, 0.2) is 77.6 Å². The Morgan fingerprint density at radius 3 is 2.34 bits per heavy atom. The van der Waals surface area contributed by atoms with Crippen LogP contribution in [0.25, 0.3) is 22.0 Å². The van der Waals surface area contributed by atoms with Crippen molar-refractivity contribution in [3.63, 3.8) is 0 Å². The van der Waals surface area contributed by atoms with Gasteiger partial charge in [0.25, 0.3) is 5.56 Å². The Morgan fingerprint density at radius 2 is 1.66 bits per heavy atom. The van der Waals surface area contributed by atoms with Gasteiger partial charge in [-0.15, -0.1) is 0 Å². The quantitative estimate of drug-likeness (QED) is 0.398. The molecule has 0 saturated carbocycles. The molecule has 0 bridgehead atoms. The summed E-state index contributed by atoms with van der Waals surface area (Å²) < 4.78 is 36.5. The van der Waals surface area contributed by atoms with Crippen LogP contribution in [0.2, 0.25) is 0 Å². The molecular formula is C24H18F2N2O4. The number of ketones is 1. The number of hydrogen-bond acceptors (Lipinski definition) is 5. The molecule has 0 saturated heterocycles. The van der Waals surface area contributed by atoms with Crippen molar-refractivity contribution in [2.24, 2.45) is 0 Å². The molecule has 32 heavy (non-hydrogen) atoms. The van der Waals surface area contributed by atoms with Crippen LogP contribution in [0.1, 0.15) is 10.4 Å². The molecule has 0 amide bonds. The first kappa shape index (κ1) is 21.2. The third-order valence-electron chi connectivity index (χ3n) is 4.91. The van der Waals surface area contributed by atoms with Gasteiger partial charge >= 0.3 is 6.61 Å². The number of carbonyl (C=O) groups excluding carboxylic acids is 1. The lowest BCUT2D eigenvalue weighted by molar-refractivity contribution is -0.0511. The van der Waals surface area contributed by atoms with Crippen molar-refractivity contribution >= 4 is 16.6 Å². The zero-order valence-electron chi connectivity index (χ0n) is 17.0. The predicted octanol–water partition coefficient (Wildman–Crippen LogP) is 4.56. The van der Waals surface area contributed by atoms with Gasteiger partial charge in [-0.05, 0) is 24.3 Å². The number of nitrogens with zero attached hydrogens (tertiary/aromatic N) is 2. The summed E-state index contributed by atoms with van der Waals surface area (Å²) in [6.07, 6.45) is 0.